The Morgan fingerprint density at radius 3 is 2.72 bits per heavy atom. The molecule has 0 amide bonds. The number of imidazole rings is 1. The summed E-state index contributed by atoms with van der Waals surface area (Å²) in [6.07, 6.45) is 1.93. The van der Waals surface area contributed by atoms with Crippen LogP contribution in [-0.4, -0.2) is 26.9 Å². The number of anilines is 1. The number of hydrogen-bond acceptors (Lipinski definition) is 4. The maximum absolute atomic E-state index is 4.93. The van der Waals surface area contributed by atoms with Gasteiger partial charge < -0.3 is 4.74 Å². The molecule has 0 saturated heterocycles. The van der Waals surface area contributed by atoms with Gasteiger partial charge in [-0.2, -0.15) is 0 Å². The first-order valence-corrected chi connectivity index (χ1v) is 6.03. The van der Waals surface area contributed by atoms with Crippen LogP contribution >= 0.6 is 12.2 Å². The summed E-state index contributed by atoms with van der Waals surface area (Å²) in [5.74, 6) is 0.632. The van der Waals surface area contributed by atoms with Gasteiger partial charge in [0.1, 0.15) is 0 Å². The number of aromatic nitrogens is 3. The van der Waals surface area contributed by atoms with Crippen molar-refractivity contribution >= 4 is 28.9 Å². The van der Waals surface area contributed by atoms with Crippen LogP contribution in [-0.2, 0) is 10.2 Å². The average molecular weight is 264 g/mol. The predicted molar refractivity (Wildman–Crippen MR) is 74.9 cm³/mol. The van der Waals surface area contributed by atoms with Gasteiger partial charge in [-0.3, -0.25) is 5.32 Å². The smallest absolute Gasteiger partial charge is 0.262 e. The molecule has 6 heteroatoms. The van der Waals surface area contributed by atoms with E-state index in [1.165, 1.54) is 7.11 Å². The minimum absolute atomic E-state index is 0.00310. The normalized spacial score (nSPS) is 11.6. The lowest BCUT2D eigenvalue weighted by molar-refractivity contribution is 0.413. The fourth-order valence-corrected chi connectivity index (χ4v) is 1.57. The monoisotopic (exact) mass is 264 g/mol. The average Bonchev–Trinajstić information content (AvgIpc) is 2.71. The number of nitrogens with zero attached hydrogens (tertiary/aromatic N) is 3. The molecule has 2 rings (SSSR count). The number of ether oxygens (including phenoxy) is 1. The maximum atomic E-state index is 4.93. The van der Waals surface area contributed by atoms with Crippen molar-refractivity contribution in [3.8, 4) is 0 Å². The molecule has 0 radical (unpaired) electrons. The fraction of sp³-hybridized carbons (Fsp3) is 0.417. The van der Waals surface area contributed by atoms with Crippen LogP contribution in [0.15, 0.2) is 18.3 Å². The SMILES string of the molecule is COC(=S)Nc1ccc2nc(C(C)(C)C)cn2n1. The van der Waals surface area contributed by atoms with Gasteiger partial charge in [0.2, 0.25) is 0 Å². The molecule has 1 N–H and O–H groups in total. The highest BCUT2D eigenvalue weighted by Crippen LogP contribution is 2.21. The van der Waals surface area contributed by atoms with Gasteiger partial charge in [-0.15, -0.1) is 5.10 Å². The molecule has 2 heterocycles. The van der Waals surface area contributed by atoms with E-state index in [-0.39, 0.29) is 10.6 Å². The minimum Gasteiger partial charge on any atom is -0.474 e. The predicted octanol–water partition coefficient (Wildman–Crippen LogP) is 2.37. The molecule has 0 spiro atoms. The van der Waals surface area contributed by atoms with E-state index in [0.29, 0.717) is 5.82 Å². The molecule has 0 saturated carbocycles. The van der Waals surface area contributed by atoms with Gasteiger partial charge in [-0.25, -0.2) is 9.50 Å². The molecular weight excluding hydrogens is 248 g/mol. The fourth-order valence-electron chi connectivity index (χ4n) is 1.47. The number of fused-ring (bicyclic) bond motifs is 1. The van der Waals surface area contributed by atoms with Gasteiger partial charge >= 0.3 is 0 Å². The van der Waals surface area contributed by atoms with E-state index >= 15 is 0 Å². The van der Waals surface area contributed by atoms with Crippen molar-refractivity contribution in [1.29, 1.82) is 0 Å². The van der Waals surface area contributed by atoms with Crippen molar-refractivity contribution in [3.05, 3.63) is 24.0 Å². The molecule has 96 valence electrons. The summed E-state index contributed by atoms with van der Waals surface area (Å²) < 4.78 is 6.62. The summed E-state index contributed by atoms with van der Waals surface area (Å²) in [6, 6.07) is 3.71. The number of hydrogen-bond donors (Lipinski definition) is 1. The third kappa shape index (κ3) is 2.59. The molecule has 2 aromatic rings. The Labute approximate surface area is 111 Å². The Bertz CT molecular complexity index is 585. The van der Waals surface area contributed by atoms with Gasteiger partial charge in [-0.1, -0.05) is 20.8 Å². The molecule has 2 aromatic heterocycles. The summed E-state index contributed by atoms with van der Waals surface area (Å²) >= 11 is 4.93. The lowest BCUT2D eigenvalue weighted by Crippen LogP contribution is -2.12. The van der Waals surface area contributed by atoms with Crippen molar-refractivity contribution in [3.63, 3.8) is 0 Å². The van der Waals surface area contributed by atoms with E-state index < -0.39 is 0 Å². The number of methoxy groups -OCH3 is 1. The molecule has 0 aliphatic rings. The Morgan fingerprint density at radius 2 is 2.11 bits per heavy atom. The zero-order valence-electron chi connectivity index (χ0n) is 10.9. The lowest BCUT2D eigenvalue weighted by atomic mass is 9.93. The maximum Gasteiger partial charge on any atom is 0.262 e. The van der Waals surface area contributed by atoms with Gasteiger partial charge in [0.25, 0.3) is 5.17 Å². The first-order chi connectivity index (χ1) is 8.40. The second kappa shape index (κ2) is 4.53. The molecule has 0 unspecified atom stereocenters. The van der Waals surface area contributed by atoms with Crippen LogP contribution in [0.4, 0.5) is 5.82 Å². The first kappa shape index (κ1) is 12.8. The topological polar surface area (TPSA) is 51.5 Å². The molecule has 5 nitrogen and oxygen atoms in total. The second-order valence-electron chi connectivity index (χ2n) is 5.01. The molecule has 0 bridgehead atoms. The van der Waals surface area contributed by atoms with Gasteiger partial charge in [-0.05, 0) is 24.4 Å². The van der Waals surface area contributed by atoms with Crippen LogP contribution in [0, 0.1) is 0 Å². The third-order valence-corrected chi connectivity index (χ3v) is 2.77. The number of rotatable bonds is 1. The van der Waals surface area contributed by atoms with E-state index in [2.05, 4.69) is 36.2 Å². The molecule has 0 atom stereocenters. The Hall–Kier alpha value is -1.69. The van der Waals surface area contributed by atoms with Crippen LogP contribution in [0.2, 0.25) is 0 Å². The molecule has 0 aromatic carbocycles. The van der Waals surface area contributed by atoms with Crippen LogP contribution in [0.3, 0.4) is 0 Å². The summed E-state index contributed by atoms with van der Waals surface area (Å²) in [5.41, 5.74) is 1.82. The molecule has 0 aliphatic heterocycles. The quantitative estimate of drug-likeness (QED) is 0.801. The minimum atomic E-state index is 0.00310. The van der Waals surface area contributed by atoms with Crippen molar-refractivity contribution in [2.24, 2.45) is 0 Å². The standard InChI is InChI=1S/C12H16N4OS/c1-12(2,3)8-7-16-10(13-8)6-5-9(15-16)14-11(18)17-4/h5-7H,1-4H3,(H,14,15,18). The molecular formula is C12H16N4OS. The lowest BCUT2D eigenvalue weighted by Gasteiger charge is -2.13. The van der Waals surface area contributed by atoms with Crippen molar-refractivity contribution in [2.75, 3.05) is 12.4 Å². The van der Waals surface area contributed by atoms with Crippen molar-refractivity contribution in [2.45, 2.75) is 26.2 Å². The number of thiocarbonyl (C=S) groups is 1. The molecule has 0 aliphatic carbocycles. The third-order valence-electron chi connectivity index (χ3n) is 2.50. The van der Waals surface area contributed by atoms with E-state index in [1.807, 2.05) is 18.3 Å². The highest BCUT2D eigenvalue weighted by molar-refractivity contribution is 7.80. The highest BCUT2D eigenvalue weighted by atomic mass is 32.1. The summed E-state index contributed by atoms with van der Waals surface area (Å²) in [5, 5.41) is 7.54. The van der Waals surface area contributed by atoms with Crippen LogP contribution in [0.25, 0.3) is 5.65 Å². The summed E-state index contributed by atoms with van der Waals surface area (Å²) in [7, 11) is 1.52. The van der Waals surface area contributed by atoms with E-state index in [1.54, 1.807) is 4.52 Å². The van der Waals surface area contributed by atoms with Crippen LogP contribution < -0.4 is 5.32 Å². The zero-order chi connectivity index (χ0) is 13.3. The Kier molecular flexibility index (Phi) is 3.21. The van der Waals surface area contributed by atoms with Gasteiger partial charge in [0.05, 0.1) is 19.0 Å². The van der Waals surface area contributed by atoms with E-state index in [0.717, 1.165) is 11.3 Å². The van der Waals surface area contributed by atoms with E-state index in [9.17, 15) is 0 Å². The second-order valence-corrected chi connectivity index (χ2v) is 5.38. The molecule has 0 fully saturated rings. The first-order valence-electron chi connectivity index (χ1n) is 5.62. The van der Waals surface area contributed by atoms with Crippen molar-refractivity contribution < 1.29 is 4.74 Å². The summed E-state index contributed by atoms with van der Waals surface area (Å²) in [6.45, 7) is 6.36. The van der Waals surface area contributed by atoms with Crippen molar-refractivity contribution in [1.82, 2.24) is 14.6 Å². The molecule has 18 heavy (non-hydrogen) atoms. The summed E-state index contributed by atoms with van der Waals surface area (Å²) in [4.78, 5) is 4.53. The Balaban J connectivity index is 2.37. The number of nitrogens with one attached hydrogen (secondary N) is 1. The highest BCUT2D eigenvalue weighted by Gasteiger charge is 2.18. The van der Waals surface area contributed by atoms with E-state index in [4.69, 9.17) is 17.0 Å². The largest absolute Gasteiger partial charge is 0.474 e. The van der Waals surface area contributed by atoms with Gasteiger partial charge in [0.15, 0.2) is 11.5 Å². The van der Waals surface area contributed by atoms with Crippen LogP contribution in [0.5, 0.6) is 0 Å². The van der Waals surface area contributed by atoms with Gasteiger partial charge in [0, 0.05) is 5.41 Å². The Morgan fingerprint density at radius 1 is 1.39 bits per heavy atom. The zero-order valence-corrected chi connectivity index (χ0v) is 11.7. The van der Waals surface area contributed by atoms with Crippen LogP contribution in [0.1, 0.15) is 26.5 Å².